The van der Waals surface area contributed by atoms with Crippen molar-refractivity contribution in [2.75, 3.05) is 13.2 Å². The molecule has 0 spiro atoms. The molecule has 0 aliphatic rings. The fraction of sp³-hybridized carbons (Fsp3) is 0.811. The maximum Gasteiger partial charge on any atom is 0.305 e. The Bertz CT molecular complexity index is 1000. The molecule has 0 aliphatic heterocycles. The van der Waals surface area contributed by atoms with E-state index in [-0.39, 0.29) is 18.5 Å². The zero-order chi connectivity index (χ0) is 43.0. The third-order valence-electron chi connectivity index (χ3n) is 11.3. The molecule has 344 valence electrons. The molecule has 0 heterocycles. The molecule has 1 amide bonds. The highest BCUT2D eigenvalue weighted by atomic mass is 16.5. The Hall–Kier alpha value is -2.18. The molecule has 0 saturated carbocycles. The van der Waals surface area contributed by atoms with Crippen LogP contribution in [0.4, 0.5) is 0 Å². The Morgan fingerprint density at radius 1 is 0.475 bits per heavy atom. The normalized spacial score (nSPS) is 13.1. The Labute approximate surface area is 366 Å². The summed E-state index contributed by atoms with van der Waals surface area (Å²) in [5.74, 6) is -0.113. The van der Waals surface area contributed by atoms with Crippen LogP contribution in [0.1, 0.15) is 251 Å². The van der Waals surface area contributed by atoms with E-state index in [4.69, 9.17) is 4.74 Å². The average Bonchev–Trinajstić information content (AvgIpc) is 3.24. The molecule has 0 aromatic rings. The highest BCUT2D eigenvalue weighted by Gasteiger charge is 2.18. The van der Waals surface area contributed by atoms with Gasteiger partial charge in [-0.25, -0.2) is 0 Å². The third kappa shape index (κ3) is 45.2. The van der Waals surface area contributed by atoms with Gasteiger partial charge in [-0.2, -0.15) is 0 Å². The quantitative estimate of drug-likeness (QED) is 0.0323. The molecule has 0 aliphatic carbocycles. The van der Waals surface area contributed by atoms with Gasteiger partial charge in [-0.15, -0.1) is 0 Å². The van der Waals surface area contributed by atoms with Gasteiger partial charge in [0.1, 0.15) is 0 Å². The van der Waals surface area contributed by atoms with E-state index in [9.17, 15) is 19.8 Å². The molecule has 2 atom stereocenters. The predicted molar refractivity (Wildman–Crippen MR) is 255 cm³/mol. The molecule has 0 aromatic carbocycles. The Morgan fingerprint density at radius 3 is 1.37 bits per heavy atom. The van der Waals surface area contributed by atoms with E-state index in [2.05, 4.69) is 55.6 Å². The average molecular weight is 828 g/mol. The van der Waals surface area contributed by atoms with Gasteiger partial charge >= 0.3 is 5.97 Å². The fourth-order valence-electron chi connectivity index (χ4n) is 7.37. The first-order chi connectivity index (χ1) is 29.0. The van der Waals surface area contributed by atoms with Gasteiger partial charge in [-0.3, -0.25) is 9.59 Å². The van der Waals surface area contributed by atoms with Crippen LogP contribution >= 0.6 is 0 Å². The Kier molecular flexibility index (Phi) is 46.7. The number of rotatable bonds is 46. The lowest BCUT2D eigenvalue weighted by atomic mass is 10.0. The number of allylic oxidation sites excluding steroid dienone is 7. The summed E-state index contributed by atoms with van der Waals surface area (Å²) in [6.45, 7) is 4.78. The number of amides is 1. The van der Waals surface area contributed by atoms with Gasteiger partial charge in [0, 0.05) is 12.8 Å². The maximum absolute atomic E-state index is 12.4. The molecule has 59 heavy (non-hydrogen) atoms. The minimum Gasteiger partial charge on any atom is -0.466 e. The van der Waals surface area contributed by atoms with Crippen molar-refractivity contribution >= 4 is 11.9 Å². The molecule has 0 bridgehead atoms. The summed E-state index contributed by atoms with van der Waals surface area (Å²) in [5.41, 5.74) is 0. The van der Waals surface area contributed by atoms with Gasteiger partial charge in [0.05, 0.1) is 25.4 Å². The van der Waals surface area contributed by atoms with E-state index in [1.165, 1.54) is 141 Å². The first-order valence-corrected chi connectivity index (χ1v) is 25.4. The lowest BCUT2D eigenvalue weighted by molar-refractivity contribution is -0.143. The van der Waals surface area contributed by atoms with Crippen molar-refractivity contribution in [1.29, 1.82) is 0 Å². The van der Waals surface area contributed by atoms with Crippen molar-refractivity contribution in [3.8, 4) is 0 Å². The maximum atomic E-state index is 12.4. The number of nitrogens with one attached hydrogen (secondary N) is 1. The summed E-state index contributed by atoms with van der Waals surface area (Å²) in [6.07, 6.45) is 59.6. The molecule has 0 radical (unpaired) electrons. The van der Waals surface area contributed by atoms with Gasteiger partial charge < -0.3 is 20.3 Å². The van der Waals surface area contributed by atoms with Crippen LogP contribution in [0.3, 0.4) is 0 Å². The summed E-state index contributed by atoms with van der Waals surface area (Å²) < 4.78 is 5.43. The number of carbonyl (C=O) groups is 2. The van der Waals surface area contributed by atoms with Crippen LogP contribution < -0.4 is 5.32 Å². The number of aliphatic hydroxyl groups excluding tert-OH is 2. The van der Waals surface area contributed by atoms with Gasteiger partial charge in [0.15, 0.2) is 0 Å². The monoisotopic (exact) mass is 828 g/mol. The number of aliphatic hydroxyl groups is 2. The smallest absolute Gasteiger partial charge is 0.305 e. The molecule has 0 aromatic heterocycles. The summed E-state index contributed by atoms with van der Waals surface area (Å²) in [7, 11) is 0. The van der Waals surface area contributed by atoms with Crippen molar-refractivity contribution < 1.29 is 24.5 Å². The van der Waals surface area contributed by atoms with E-state index in [1.54, 1.807) is 6.08 Å². The Balaban J connectivity index is 3.53. The zero-order valence-electron chi connectivity index (χ0n) is 39.0. The van der Waals surface area contributed by atoms with E-state index >= 15 is 0 Å². The molecule has 2 unspecified atom stereocenters. The van der Waals surface area contributed by atoms with Crippen molar-refractivity contribution in [1.82, 2.24) is 5.32 Å². The summed E-state index contributed by atoms with van der Waals surface area (Å²) in [4.78, 5) is 24.4. The second-order valence-corrected chi connectivity index (χ2v) is 17.1. The van der Waals surface area contributed by atoms with Crippen LogP contribution in [0.15, 0.2) is 48.6 Å². The second kappa shape index (κ2) is 48.5. The van der Waals surface area contributed by atoms with Gasteiger partial charge in [0.2, 0.25) is 5.91 Å². The fourth-order valence-corrected chi connectivity index (χ4v) is 7.37. The van der Waals surface area contributed by atoms with Crippen LogP contribution in [0.2, 0.25) is 0 Å². The van der Waals surface area contributed by atoms with Crippen LogP contribution in [-0.4, -0.2) is 47.4 Å². The van der Waals surface area contributed by atoms with E-state index < -0.39 is 12.1 Å². The van der Waals surface area contributed by atoms with Gasteiger partial charge in [-0.1, -0.05) is 204 Å². The standard InChI is InChI=1S/C53H97NO5/c1-3-5-7-9-11-13-15-17-22-25-29-33-37-41-45-51(56)50(49-55)54-52(57)46-42-38-34-30-26-23-19-18-20-24-28-32-36-40-44-48-59-53(58)47-43-39-35-31-27-21-16-14-12-10-8-6-4-2/h8,10,14,16,20,24,41,45,50-51,55-56H,3-7,9,11-13,15,17-19,21-23,25-40,42-44,46-49H2,1-2H3,(H,54,57)/b10-8-,16-14-,24-20-,45-41+. The van der Waals surface area contributed by atoms with E-state index in [0.29, 0.717) is 19.4 Å². The number of ether oxygens (including phenoxy) is 1. The van der Waals surface area contributed by atoms with E-state index in [0.717, 1.165) is 83.5 Å². The lowest BCUT2D eigenvalue weighted by Crippen LogP contribution is -2.45. The van der Waals surface area contributed by atoms with Crippen molar-refractivity contribution in [2.45, 2.75) is 264 Å². The second-order valence-electron chi connectivity index (χ2n) is 17.1. The molecule has 6 heteroatoms. The highest BCUT2D eigenvalue weighted by Crippen LogP contribution is 2.14. The molecule has 0 saturated heterocycles. The highest BCUT2D eigenvalue weighted by molar-refractivity contribution is 5.76. The number of hydrogen-bond acceptors (Lipinski definition) is 5. The van der Waals surface area contributed by atoms with Crippen molar-refractivity contribution in [3.63, 3.8) is 0 Å². The molecular weight excluding hydrogens is 731 g/mol. The topological polar surface area (TPSA) is 95.9 Å². The van der Waals surface area contributed by atoms with Gasteiger partial charge in [0.25, 0.3) is 0 Å². The number of hydrogen-bond donors (Lipinski definition) is 3. The minimum absolute atomic E-state index is 0.0276. The molecular formula is C53H97NO5. The van der Waals surface area contributed by atoms with Crippen LogP contribution in [0.25, 0.3) is 0 Å². The third-order valence-corrected chi connectivity index (χ3v) is 11.3. The summed E-state index contributed by atoms with van der Waals surface area (Å²) in [5, 5.41) is 23.0. The zero-order valence-corrected chi connectivity index (χ0v) is 39.0. The van der Waals surface area contributed by atoms with Crippen LogP contribution in [0.5, 0.6) is 0 Å². The van der Waals surface area contributed by atoms with E-state index in [1.807, 2.05) is 6.08 Å². The number of esters is 1. The first kappa shape index (κ1) is 56.8. The van der Waals surface area contributed by atoms with Gasteiger partial charge in [-0.05, 0) is 83.5 Å². The first-order valence-electron chi connectivity index (χ1n) is 25.4. The molecule has 3 N–H and O–H groups in total. The summed E-state index contributed by atoms with van der Waals surface area (Å²) in [6, 6.07) is -0.640. The predicted octanol–water partition coefficient (Wildman–Crippen LogP) is 15.1. The van der Waals surface area contributed by atoms with Crippen LogP contribution in [0, 0.1) is 0 Å². The number of unbranched alkanes of at least 4 members (excludes halogenated alkanes) is 29. The van der Waals surface area contributed by atoms with Crippen LogP contribution in [-0.2, 0) is 14.3 Å². The lowest BCUT2D eigenvalue weighted by Gasteiger charge is -2.20. The van der Waals surface area contributed by atoms with Crippen molar-refractivity contribution in [2.24, 2.45) is 0 Å². The largest absolute Gasteiger partial charge is 0.466 e. The summed E-state index contributed by atoms with van der Waals surface area (Å²) >= 11 is 0. The Morgan fingerprint density at radius 2 is 0.881 bits per heavy atom. The molecule has 0 rings (SSSR count). The molecule has 0 fully saturated rings. The van der Waals surface area contributed by atoms with Crippen molar-refractivity contribution in [3.05, 3.63) is 48.6 Å². The SMILES string of the molecule is CCC/C=C\C/C=C\CCCCCCCC(=O)OCCCCCC/C=C\CCCCCCCCCC(=O)NC(CO)C(O)/C=C/CCCCCCCCCCCCCC. The molecule has 6 nitrogen and oxygen atoms in total. The minimum atomic E-state index is -0.855. The number of carbonyl (C=O) groups excluding carboxylic acids is 2.